The maximum atomic E-state index is 15.5. The minimum atomic E-state index is -0.833. The van der Waals surface area contributed by atoms with Crippen LogP contribution in [0.15, 0.2) is 36.4 Å². The van der Waals surface area contributed by atoms with Crippen LogP contribution in [0.3, 0.4) is 0 Å². The molecular formula is C111H180N6O12. The van der Waals surface area contributed by atoms with Gasteiger partial charge in [-0.15, -0.1) is 0 Å². The molecule has 3 aliphatic heterocycles. The number of amides is 6. The summed E-state index contributed by atoms with van der Waals surface area (Å²) in [6.07, 6.45) is 85.4. The Hall–Kier alpha value is -7.11. The van der Waals surface area contributed by atoms with Crippen molar-refractivity contribution in [1.29, 1.82) is 0 Å². The predicted octanol–water partition coefficient (Wildman–Crippen LogP) is 32.8. The van der Waals surface area contributed by atoms with Crippen LogP contribution in [-0.4, -0.2) is 90.0 Å². The average molecular weight is 1790 g/mol. The zero-order chi connectivity index (χ0) is 91.6. The number of carbonyl (C=O) groups is 6. The molecule has 0 fully saturated rings. The number of unbranched alkanes of at least 4 members (excludes halogenated alkanes) is 66. The van der Waals surface area contributed by atoms with Crippen molar-refractivity contribution in [1.82, 2.24) is 15.0 Å². The minimum Gasteiger partial charge on any atom is -0.490 e. The molecule has 3 aliphatic rings. The first-order valence-corrected chi connectivity index (χ1v) is 54.2. The van der Waals surface area contributed by atoms with Crippen molar-refractivity contribution in [3.8, 4) is 34.5 Å². The molecule has 0 bridgehead atoms. The summed E-state index contributed by atoms with van der Waals surface area (Å²) in [6.45, 7) is 15.7. The summed E-state index contributed by atoms with van der Waals surface area (Å²) < 4.78 is 39.4. The fraction of sp³-hybridized carbons (Fsp3) is 0.757. The highest BCUT2D eigenvalue weighted by molar-refractivity contribution is 6.37. The second-order valence-corrected chi connectivity index (χ2v) is 38.0. The Morgan fingerprint density at radius 1 is 0.163 bits per heavy atom. The largest absolute Gasteiger partial charge is 0.490 e. The van der Waals surface area contributed by atoms with Gasteiger partial charge in [0.05, 0.1) is 73.0 Å². The van der Waals surface area contributed by atoms with Crippen molar-refractivity contribution in [3.05, 3.63) is 69.8 Å². The SMILES string of the molecule is CCCCCCCCCCCCCCOc1cc2c(cc1OCCCCCCCCCCCCCC)C(=O)N(c1nc(N3C(=O)c4cc(OCCCCCCCCCCCCCC)c(OCCCCCCCCCCCCCC)cc4C3=O)nc(N3C(=O)c4cc(OCCCCCCCCCCCCCC)c(OCCCCCCCCCCCCCC)cc4C3=O)n1)C2=O. The molecule has 7 rings (SSSR count). The molecule has 726 valence electrons. The molecule has 18 heteroatoms. The summed E-state index contributed by atoms with van der Waals surface area (Å²) >= 11 is 0. The zero-order valence-electron chi connectivity index (χ0n) is 82.7. The van der Waals surface area contributed by atoms with Crippen LogP contribution in [0.4, 0.5) is 17.8 Å². The summed E-state index contributed by atoms with van der Waals surface area (Å²) in [7, 11) is 0. The molecule has 4 heterocycles. The molecular weight excluding hydrogens is 1610 g/mol. The van der Waals surface area contributed by atoms with Gasteiger partial charge in [0.15, 0.2) is 34.5 Å². The normalized spacial score (nSPS) is 13.0. The lowest BCUT2D eigenvalue weighted by molar-refractivity contribution is 0.0911. The second kappa shape index (κ2) is 69.7. The molecule has 0 spiro atoms. The van der Waals surface area contributed by atoms with Crippen LogP contribution in [0.25, 0.3) is 0 Å². The Labute approximate surface area is 783 Å². The lowest BCUT2D eigenvalue weighted by Crippen LogP contribution is -2.37. The number of rotatable bonds is 87. The molecule has 0 aliphatic carbocycles. The Kier molecular flexibility index (Phi) is 58.8. The van der Waals surface area contributed by atoms with Gasteiger partial charge in [0.25, 0.3) is 35.4 Å². The molecule has 0 N–H and O–H groups in total. The van der Waals surface area contributed by atoms with Gasteiger partial charge in [-0.1, -0.05) is 465 Å². The summed E-state index contributed by atoms with van der Waals surface area (Å²) in [5.41, 5.74) is -0.0473. The third-order valence-corrected chi connectivity index (χ3v) is 26.6. The van der Waals surface area contributed by atoms with E-state index in [0.29, 0.717) is 74.1 Å². The summed E-state index contributed by atoms with van der Waals surface area (Å²) in [5.74, 6) is -4.96. The van der Waals surface area contributed by atoms with Crippen molar-refractivity contribution in [2.75, 3.05) is 54.3 Å². The molecule has 0 atom stereocenters. The maximum absolute atomic E-state index is 15.5. The minimum absolute atomic E-state index is 0.00788. The molecule has 4 aromatic rings. The van der Waals surface area contributed by atoms with Crippen LogP contribution in [0.1, 0.15) is 566 Å². The highest BCUT2D eigenvalue weighted by Gasteiger charge is 2.47. The van der Waals surface area contributed by atoms with E-state index in [0.717, 1.165) is 169 Å². The van der Waals surface area contributed by atoms with E-state index in [2.05, 4.69) is 41.5 Å². The second-order valence-electron chi connectivity index (χ2n) is 38.0. The predicted molar refractivity (Wildman–Crippen MR) is 532 cm³/mol. The monoisotopic (exact) mass is 1790 g/mol. The Balaban J connectivity index is 1.19. The van der Waals surface area contributed by atoms with Crippen molar-refractivity contribution in [2.24, 2.45) is 0 Å². The lowest BCUT2D eigenvalue weighted by Gasteiger charge is -2.19. The highest BCUT2D eigenvalue weighted by Crippen LogP contribution is 2.43. The quantitative estimate of drug-likeness (QED) is 0.0298. The number of hydrogen-bond acceptors (Lipinski definition) is 15. The van der Waals surface area contributed by atoms with E-state index in [1.807, 2.05) is 0 Å². The average Bonchev–Trinajstić information content (AvgIpc) is 1.58. The smallest absolute Gasteiger partial charge is 0.268 e. The first kappa shape index (κ1) is 109. The third kappa shape index (κ3) is 41.5. The number of aromatic nitrogens is 3. The van der Waals surface area contributed by atoms with E-state index in [-0.39, 0.29) is 33.4 Å². The van der Waals surface area contributed by atoms with E-state index >= 15 is 28.8 Å². The molecule has 3 aromatic carbocycles. The van der Waals surface area contributed by atoms with Gasteiger partial charge in [-0.05, 0) is 74.9 Å². The van der Waals surface area contributed by atoms with Gasteiger partial charge in [-0.3, -0.25) is 28.8 Å². The van der Waals surface area contributed by atoms with Crippen LogP contribution in [-0.2, 0) is 0 Å². The molecule has 1 aromatic heterocycles. The summed E-state index contributed by atoms with van der Waals surface area (Å²) in [6, 6.07) is 9.31. The van der Waals surface area contributed by atoms with Gasteiger partial charge in [0.2, 0.25) is 17.8 Å². The molecule has 0 saturated heterocycles. The molecule has 129 heavy (non-hydrogen) atoms. The fourth-order valence-corrected chi connectivity index (χ4v) is 18.4. The van der Waals surface area contributed by atoms with Crippen molar-refractivity contribution < 1.29 is 57.2 Å². The van der Waals surface area contributed by atoms with Crippen LogP contribution < -0.4 is 43.1 Å². The molecule has 0 saturated carbocycles. The first-order valence-electron chi connectivity index (χ1n) is 54.2. The summed E-state index contributed by atoms with van der Waals surface area (Å²) in [5, 5.41) is 0. The topological polar surface area (TPSA) is 206 Å². The van der Waals surface area contributed by atoms with E-state index in [4.69, 9.17) is 43.4 Å². The van der Waals surface area contributed by atoms with Crippen LogP contribution in [0.2, 0.25) is 0 Å². The van der Waals surface area contributed by atoms with E-state index in [1.54, 1.807) is 36.4 Å². The van der Waals surface area contributed by atoms with E-state index in [1.165, 1.54) is 308 Å². The van der Waals surface area contributed by atoms with Crippen molar-refractivity contribution in [2.45, 2.75) is 504 Å². The molecule has 0 unspecified atom stereocenters. The van der Waals surface area contributed by atoms with E-state index < -0.39 is 53.3 Å². The van der Waals surface area contributed by atoms with Crippen LogP contribution in [0.5, 0.6) is 34.5 Å². The zero-order valence-corrected chi connectivity index (χ0v) is 82.7. The Bertz CT molecular complexity index is 3140. The summed E-state index contributed by atoms with van der Waals surface area (Å²) in [4.78, 5) is 109. The number of fused-ring (bicyclic) bond motifs is 3. The fourth-order valence-electron chi connectivity index (χ4n) is 18.4. The van der Waals surface area contributed by atoms with Gasteiger partial charge < -0.3 is 28.4 Å². The van der Waals surface area contributed by atoms with Gasteiger partial charge >= 0.3 is 0 Å². The number of carbonyl (C=O) groups excluding carboxylic acids is 6. The van der Waals surface area contributed by atoms with Crippen molar-refractivity contribution in [3.63, 3.8) is 0 Å². The number of imide groups is 3. The van der Waals surface area contributed by atoms with Gasteiger partial charge in [-0.2, -0.15) is 15.0 Å². The van der Waals surface area contributed by atoms with Crippen LogP contribution >= 0.6 is 0 Å². The Morgan fingerprint density at radius 3 is 0.372 bits per heavy atom. The number of ether oxygens (including phenoxy) is 6. The molecule has 6 amide bonds. The number of benzene rings is 3. The van der Waals surface area contributed by atoms with Crippen molar-refractivity contribution >= 4 is 53.3 Å². The molecule has 18 nitrogen and oxygen atoms in total. The lowest BCUT2D eigenvalue weighted by atomic mass is 10.1. The highest BCUT2D eigenvalue weighted by atomic mass is 16.5. The van der Waals surface area contributed by atoms with E-state index in [9.17, 15) is 0 Å². The Morgan fingerprint density at radius 2 is 0.264 bits per heavy atom. The third-order valence-electron chi connectivity index (χ3n) is 26.6. The standard InChI is InChI=1S/C111H180N6O12/c1-7-13-19-25-31-37-43-49-55-61-67-73-79-124-97-85-91-92(86-98(97)125-80-74-68-62-56-50-44-38-32-26-20-14-8-2)104(119)115(103(91)118)109-112-110(116-105(120)93-87-99(126-81-75-69-63-57-51-45-39-33-27-21-15-9-3)100(88-94(93)106(116)121)127-82-76-70-64-58-52-46-40-34-28-22-16-10-4)114-111(113-109)117-107(122)95-89-101(128-83-77-71-65-59-53-47-41-35-29-23-17-11-5)102(90-96(95)108(117)123)129-84-78-72-66-60-54-48-42-36-30-24-18-12-6/h85-90H,7-84H2,1-6H3. The first-order chi connectivity index (χ1) is 63.5. The number of anilines is 3. The number of hydrogen-bond donors (Lipinski definition) is 0. The van der Waals surface area contributed by atoms with Crippen LogP contribution in [0, 0.1) is 0 Å². The maximum Gasteiger partial charge on any atom is 0.268 e. The van der Waals surface area contributed by atoms with Gasteiger partial charge in [0, 0.05) is 0 Å². The number of nitrogens with zero attached hydrogens (tertiary/aromatic N) is 6. The van der Waals surface area contributed by atoms with Gasteiger partial charge in [-0.25, -0.2) is 14.7 Å². The van der Waals surface area contributed by atoms with Gasteiger partial charge in [0.1, 0.15) is 0 Å². The molecule has 0 radical (unpaired) electrons.